The monoisotopic (exact) mass is 349 g/mol. The van der Waals surface area contributed by atoms with Gasteiger partial charge in [-0.05, 0) is 35.0 Å². The summed E-state index contributed by atoms with van der Waals surface area (Å²) in [6, 6.07) is 14.0. The van der Waals surface area contributed by atoms with Gasteiger partial charge in [-0.1, -0.05) is 56.0 Å². The van der Waals surface area contributed by atoms with Crippen LogP contribution in [-0.4, -0.2) is 19.1 Å². The first-order chi connectivity index (χ1) is 11.1. The zero-order chi connectivity index (χ0) is 17.5. The standard InChI is InChI=1S/C19H22F3NSi/c1-24(2,3)13-23-12-15-6-4-5-7-17(15)18(23)14-8-10-16(11-9-14)19(20,21)22/h4-11,18H,12-13H2,1-3H3. The molecule has 1 nitrogen and oxygen atoms in total. The van der Waals surface area contributed by atoms with Crippen molar-refractivity contribution < 1.29 is 13.2 Å². The molecule has 1 aliphatic heterocycles. The molecule has 5 heteroatoms. The van der Waals surface area contributed by atoms with Gasteiger partial charge < -0.3 is 0 Å². The van der Waals surface area contributed by atoms with Gasteiger partial charge in [-0.15, -0.1) is 0 Å². The van der Waals surface area contributed by atoms with E-state index in [0.717, 1.165) is 18.3 Å². The van der Waals surface area contributed by atoms with Gasteiger partial charge in [0.1, 0.15) is 0 Å². The van der Waals surface area contributed by atoms with E-state index in [0.29, 0.717) is 0 Å². The molecule has 24 heavy (non-hydrogen) atoms. The zero-order valence-electron chi connectivity index (χ0n) is 14.2. The molecule has 0 saturated heterocycles. The van der Waals surface area contributed by atoms with Crippen molar-refractivity contribution in [2.45, 2.75) is 38.4 Å². The number of rotatable bonds is 3. The molecule has 3 rings (SSSR count). The quantitative estimate of drug-likeness (QED) is 0.663. The van der Waals surface area contributed by atoms with Crippen molar-refractivity contribution in [3.05, 3.63) is 70.8 Å². The molecule has 2 aromatic carbocycles. The molecule has 1 atom stereocenters. The van der Waals surface area contributed by atoms with Crippen LogP contribution in [0.1, 0.15) is 28.3 Å². The van der Waals surface area contributed by atoms with Gasteiger partial charge in [0.15, 0.2) is 0 Å². The fourth-order valence-corrected chi connectivity index (χ4v) is 4.97. The fraction of sp³-hybridized carbons (Fsp3) is 0.368. The van der Waals surface area contributed by atoms with Crippen LogP contribution >= 0.6 is 0 Å². The first-order valence-corrected chi connectivity index (χ1v) is 11.8. The molecule has 128 valence electrons. The van der Waals surface area contributed by atoms with Gasteiger partial charge in [-0.3, -0.25) is 4.90 Å². The van der Waals surface area contributed by atoms with Crippen LogP contribution in [0.4, 0.5) is 13.2 Å². The minimum absolute atomic E-state index is 0.0511. The van der Waals surface area contributed by atoms with Gasteiger partial charge in [0.2, 0.25) is 0 Å². The van der Waals surface area contributed by atoms with Gasteiger partial charge in [0.25, 0.3) is 0 Å². The molecule has 0 fully saturated rings. The Kier molecular flexibility index (Phi) is 4.34. The summed E-state index contributed by atoms with van der Waals surface area (Å²) >= 11 is 0. The van der Waals surface area contributed by atoms with E-state index in [-0.39, 0.29) is 6.04 Å². The third kappa shape index (κ3) is 3.57. The molecule has 0 amide bonds. The topological polar surface area (TPSA) is 3.24 Å². The van der Waals surface area contributed by atoms with Crippen LogP contribution in [0.2, 0.25) is 19.6 Å². The van der Waals surface area contributed by atoms with E-state index in [9.17, 15) is 13.2 Å². The molecule has 0 N–H and O–H groups in total. The number of nitrogens with zero attached hydrogens (tertiary/aromatic N) is 1. The third-order valence-corrected chi connectivity index (χ3v) is 5.67. The minimum Gasteiger partial charge on any atom is -0.291 e. The van der Waals surface area contributed by atoms with Gasteiger partial charge in [0.05, 0.1) is 19.7 Å². The Morgan fingerprint density at radius 3 is 2.21 bits per heavy atom. The predicted octanol–water partition coefficient (Wildman–Crippen LogP) is 5.49. The Morgan fingerprint density at radius 1 is 1.00 bits per heavy atom. The number of hydrogen-bond acceptors (Lipinski definition) is 1. The average Bonchev–Trinajstić information content (AvgIpc) is 2.82. The Morgan fingerprint density at radius 2 is 1.62 bits per heavy atom. The molecule has 0 bridgehead atoms. The molecule has 0 radical (unpaired) electrons. The molecule has 0 spiro atoms. The summed E-state index contributed by atoms with van der Waals surface area (Å²) in [5.74, 6) is 0. The van der Waals surface area contributed by atoms with Gasteiger partial charge >= 0.3 is 6.18 Å². The predicted molar refractivity (Wildman–Crippen MR) is 93.5 cm³/mol. The van der Waals surface area contributed by atoms with Crippen LogP contribution in [0.3, 0.4) is 0 Å². The van der Waals surface area contributed by atoms with Crippen molar-refractivity contribution >= 4 is 8.07 Å². The van der Waals surface area contributed by atoms with Crippen LogP contribution in [0.5, 0.6) is 0 Å². The number of halogens is 3. The molecule has 1 heterocycles. The third-order valence-electron chi connectivity index (χ3n) is 4.32. The molecule has 2 aromatic rings. The summed E-state index contributed by atoms with van der Waals surface area (Å²) in [6.45, 7) is 7.82. The zero-order valence-corrected chi connectivity index (χ0v) is 15.2. The van der Waals surface area contributed by atoms with Crippen LogP contribution in [0, 0.1) is 0 Å². The average molecular weight is 349 g/mol. The Bertz CT molecular complexity index is 717. The maximum absolute atomic E-state index is 12.8. The lowest BCUT2D eigenvalue weighted by Crippen LogP contribution is -2.39. The van der Waals surface area contributed by atoms with E-state index in [4.69, 9.17) is 0 Å². The van der Waals surface area contributed by atoms with E-state index >= 15 is 0 Å². The van der Waals surface area contributed by atoms with E-state index in [2.05, 4.69) is 36.7 Å². The number of benzene rings is 2. The summed E-state index contributed by atoms with van der Waals surface area (Å²) in [5.41, 5.74) is 2.84. The van der Waals surface area contributed by atoms with E-state index in [1.165, 1.54) is 23.3 Å². The highest BCUT2D eigenvalue weighted by Crippen LogP contribution is 2.40. The van der Waals surface area contributed by atoms with E-state index < -0.39 is 19.8 Å². The van der Waals surface area contributed by atoms with Crippen molar-refractivity contribution in [3.8, 4) is 0 Å². The summed E-state index contributed by atoms with van der Waals surface area (Å²) in [4.78, 5) is 2.42. The smallest absolute Gasteiger partial charge is 0.291 e. The summed E-state index contributed by atoms with van der Waals surface area (Å²) in [6.07, 6.45) is -3.27. The molecule has 1 unspecified atom stereocenters. The summed E-state index contributed by atoms with van der Waals surface area (Å²) in [5, 5.41) is 0. The lowest BCUT2D eigenvalue weighted by molar-refractivity contribution is -0.137. The largest absolute Gasteiger partial charge is 0.416 e. The second-order valence-corrected chi connectivity index (χ2v) is 13.1. The van der Waals surface area contributed by atoms with Crippen molar-refractivity contribution in [3.63, 3.8) is 0 Å². The van der Waals surface area contributed by atoms with Crippen LogP contribution in [0.15, 0.2) is 48.5 Å². The fourth-order valence-electron chi connectivity index (χ4n) is 3.45. The lowest BCUT2D eigenvalue weighted by Gasteiger charge is -2.31. The molecular weight excluding hydrogens is 327 g/mol. The Labute approximate surface area is 142 Å². The minimum atomic E-state index is -4.29. The lowest BCUT2D eigenvalue weighted by atomic mass is 9.97. The van der Waals surface area contributed by atoms with Gasteiger partial charge in [-0.25, -0.2) is 0 Å². The molecule has 1 aliphatic rings. The Balaban J connectivity index is 1.98. The number of alkyl halides is 3. The van der Waals surface area contributed by atoms with Crippen molar-refractivity contribution in [2.75, 3.05) is 6.17 Å². The van der Waals surface area contributed by atoms with Crippen LogP contribution < -0.4 is 0 Å². The molecule has 0 aromatic heterocycles. The van der Waals surface area contributed by atoms with Gasteiger partial charge in [-0.2, -0.15) is 13.2 Å². The second-order valence-electron chi connectivity index (χ2n) is 7.69. The number of hydrogen-bond donors (Lipinski definition) is 0. The second kappa shape index (κ2) is 6.04. The first-order valence-electron chi connectivity index (χ1n) is 8.14. The molecular formula is C19H22F3NSi. The van der Waals surface area contributed by atoms with E-state index in [1.807, 2.05) is 12.1 Å². The SMILES string of the molecule is C[Si](C)(C)CN1Cc2ccccc2C1c1ccc(C(F)(F)F)cc1. The number of fused-ring (bicyclic) bond motifs is 1. The maximum Gasteiger partial charge on any atom is 0.416 e. The summed E-state index contributed by atoms with van der Waals surface area (Å²) < 4.78 is 38.5. The highest BCUT2D eigenvalue weighted by atomic mass is 28.3. The molecule has 0 saturated carbocycles. The van der Waals surface area contributed by atoms with Crippen LogP contribution in [0.25, 0.3) is 0 Å². The van der Waals surface area contributed by atoms with Crippen molar-refractivity contribution in [1.82, 2.24) is 4.90 Å². The Hall–Kier alpha value is -1.59. The van der Waals surface area contributed by atoms with Crippen molar-refractivity contribution in [2.24, 2.45) is 0 Å². The maximum atomic E-state index is 12.8. The normalized spacial score (nSPS) is 18.7. The highest BCUT2D eigenvalue weighted by Gasteiger charge is 2.35. The van der Waals surface area contributed by atoms with E-state index in [1.54, 1.807) is 12.1 Å². The van der Waals surface area contributed by atoms with Gasteiger partial charge in [0, 0.05) is 6.54 Å². The molecule has 0 aliphatic carbocycles. The summed E-state index contributed by atoms with van der Waals surface area (Å²) in [7, 11) is -1.33. The first kappa shape index (κ1) is 17.2. The van der Waals surface area contributed by atoms with Crippen molar-refractivity contribution in [1.29, 1.82) is 0 Å². The van der Waals surface area contributed by atoms with Crippen LogP contribution in [-0.2, 0) is 12.7 Å². The highest BCUT2D eigenvalue weighted by molar-refractivity contribution is 6.76.